The van der Waals surface area contributed by atoms with Crippen LogP contribution >= 0.6 is 0 Å². The van der Waals surface area contributed by atoms with Gasteiger partial charge >= 0.3 is 0 Å². The van der Waals surface area contributed by atoms with Gasteiger partial charge in [-0.25, -0.2) is 0 Å². The lowest BCUT2D eigenvalue weighted by atomic mass is 9.99. The number of hydrogen-bond donors (Lipinski definition) is 0. The molecule has 4 nitrogen and oxygen atoms in total. The minimum Gasteiger partial charge on any atom is -0.459 e. The average molecular weight is 292 g/mol. The summed E-state index contributed by atoms with van der Waals surface area (Å²) in [5.41, 5.74) is 2.25. The van der Waals surface area contributed by atoms with E-state index in [1.54, 1.807) is 12.1 Å². The number of furan rings is 1. The summed E-state index contributed by atoms with van der Waals surface area (Å²) in [5, 5.41) is 0. The zero-order valence-electron chi connectivity index (χ0n) is 12.1. The zero-order chi connectivity index (χ0) is 14.9. The van der Waals surface area contributed by atoms with E-state index in [1.807, 2.05) is 29.2 Å². The molecular weight excluding hydrogens is 276 g/mol. The van der Waals surface area contributed by atoms with Crippen molar-refractivity contribution in [2.75, 3.05) is 6.54 Å². The smallest absolute Gasteiger partial charge is 0.290 e. The molecule has 3 aromatic rings. The molecule has 0 saturated heterocycles. The number of carbonyl (C=O) groups is 1. The summed E-state index contributed by atoms with van der Waals surface area (Å²) in [6.07, 6.45) is 3.61. The van der Waals surface area contributed by atoms with Crippen molar-refractivity contribution in [3.63, 3.8) is 0 Å². The highest BCUT2D eigenvalue weighted by atomic mass is 16.3. The fourth-order valence-electron chi connectivity index (χ4n) is 3.13. The van der Waals surface area contributed by atoms with Crippen molar-refractivity contribution < 1.29 is 9.21 Å². The third-order valence-corrected chi connectivity index (χ3v) is 4.15. The normalized spacial score (nSPS) is 17.3. The van der Waals surface area contributed by atoms with E-state index in [-0.39, 0.29) is 11.9 Å². The number of fused-ring (bicyclic) bond motifs is 1. The minimum atomic E-state index is -0.0810. The first-order valence-electron chi connectivity index (χ1n) is 7.39. The number of hydrogen-bond acceptors (Lipinski definition) is 2. The molecule has 0 N–H and O–H groups in total. The van der Waals surface area contributed by atoms with Crippen molar-refractivity contribution in [3.8, 4) is 0 Å². The Balaban J connectivity index is 1.79. The minimum absolute atomic E-state index is 0.0636. The maximum atomic E-state index is 12.8. The molecule has 22 heavy (non-hydrogen) atoms. The van der Waals surface area contributed by atoms with Crippen LogP contribution in [0.2, 0.25) is 0 Å². The molecule has 0 bridgehead atoms. The first-order valence-corrected chi connectivity index (χ1v) is 7.39. The third kappa shape index (κ3) is 2.04. The van der Waals surface area contributed by atoms with E-state index < -0.39 is 0 Å². The van der Waals surface area contributed by atoms with Crippen molar-refractivity contribution in [3.05, 3.63) is 84.1 Å². The molecule has 1 aliphatic rings. The van der Waals surface area contributed by atoms with E-state index in [0.717, 1.165) is 17.8 Å². The summed E-state index contributed by atoms with van der Waals surface area (Å²) >= 11 is 0. The highest BCUT2D eigenvalue weighted by Gasteiger charge is 2.33. The van der Waals surface area contributed by atoms with Gasteiger partial charge in [-0.05, 0) is 29.8 Å². The van der Waals surface area contributed by atoms with E-state index in [0.29, 0.717) is 12.3 Å². The van der Waals surface area contributed by atoms with Crippen LogP contribution in [-0.4, -0.2) is 21.9 Å². The van der Waals surface area contributed by atoms with Crippen molar-refractivity contribution in [1.29, 1.82) is 0 Å². The molecule has 1 atom stereocenters. The van der Waals surface area contributed by atoms with Gasteiger partial charge in [0.15, 0.2) is 5.76 Å². The maximum absolute atomic E-state index is 12.8. The molecular formula is C18H16N2O2. The second kappa shape index (κ2) is 5.22. The molecule has 1 amide bonds. The van der Waals surface area contributed by atoms with Gasteiger partial charge in [-0.3, -0.25) is 4.79 Å². The fraction of sp³-hybridized carbons (Fsp3) is 0.167. The lowest BCUT2D eigenvalue weighted by molar-refractivity contribution is 0.0631. The molecule has 0 fully saturated rings. The second-order valence-electron chi connectivity index (χ2n) is 5.42. The summed E-state index contributed by atoms with van der Waals surface area (Å²) in [7, 11) is 0. The number of aromatic nitrogens is 1. The van der Waals surface area contributed by atoms with Crippen LogP contribution in [0.25, 0.3) is 0 Å². The Hall–Kier alpha value is -2.75. The summed E-state index contributed by atoms with van der Waals surface area (Å²) in [6, 6.07) is 17.6. The van der Waals surface area contributed by atoms with Gasteiger partial charge in [0.05, 0.1) is 12.3 Å². The molecule has 110 valence electrons. The predicted molar refractivity (Wildman–Crippen MR) is 82.5 cm³/mol. The highest BCUT2D eigenvalue weighted by molar-refractivity contribution is 5.92. The highest BCUT2D eigenvalue weighted by Crippen LogP contribution is 2.33. The molecule has 4 heteroatoms. The second-order valence-corrected chi connectivity index (χ2v) is 5.42. The molecule has 3 heterocycles. The van der Waals surface area contributed by atoms with E-state index in [1.165, 1.54) is 6.26 Å². The molecule has 0 spiro atoms. The number of carbonyl (C=O) groups excluding carboxylic acids is 1. The van der Waals surface area contributed by atoms with Gasteiger partial charge in [0.1, 0.15) is 0 Å². The van der Waals surface area contributed by atoms with Crippen molar-refractivity contribution in [2.45, 2.75) is 12.6 Å². The largest absolute Gasteiger partial charge is 0.459 e. The Kier molecular flexibility index (Phi) is 3.07. The summed E-state index contributed by atoms with van der Waals surface area (Å²) in [6.45, 7) is 1.47. The molecule has 0 unspecified atom stereocenters. The first-order chi connectivity index (χ1) is 10.8. The number of amides is 1. The van der Waals surface area contributed by atoms with Gasteiger partial charge in [-0.15, -0.1) is 0 Å². The van der Waals surface area contributed by atoms with Gasteiger partial charge in [0, 0.05) is 25.0 Å². The SMILES string of the molecule is O=C(c1ccco1)N1CCn2cccc2[C@H]1c1ccccc1. The number of benzene rings is 1. The van der Waals surface area contributed by atoms with Crippen LogP contribution < -0.4 is 0 Å². The standard InChI is InChI=1S/C18H16N2O2/c21-18(16-9-5-13-22-16)20-12-11-19-10-4-8-15(19)17(20)14-6-2-1-3-7-14/h1-10,13,17H,11-12H2/t17-/m1/s1. The molecule has 0 radical (unpaired) electrons. The first kappa shape index (κ1) is 13.0. The summed E-state index contributed by atoms with van der Waals surface area (Å²) in [5.74, 6) is 0.326. The van der Waals surface area contributed by atoms with Gasteiger partial charge in [0.2, 0.25) is 0 Å². The van der Waals surface area contributed by atoms with Crippen LogP contribution in [0, 0.1) is 0 Å². The Bertz CT molecular complexity index is 775. The monoisotopic (exact) mass is 292 g/mol. The van der Waals surface area contributed by atoms with Gasteiger partial charge in [-0.2, -0.15) is 0 Å². The Morgan fingerprint density at radius 3 is 2.64 bits per heavy atom. The van der Waals surface area contributed by atoms with Crippen LogP contribution in [0.3, 0.4) is 0 Å². The Morgan fingerprint density at radius 1 is 1.00 bits per heavy atom. The predicted octanol–water partition coefficient (Wildman–Crippen LogP) is 3.33. The maximum Gasteiger partial charge on any atom is 0.290 e. The molecule has 0 aliphatic carbocycles. The molecule has 4 rings (SSSR count). The van der Waals surface area contributed by atoms with Crippen LogP contribution in [0.4, 0.5) is 0 Å². The molecule has 1 aliphatic heterocycles. The van der Waals surface area contributed by atoms with Crippen molar-refractivity contribution in [1.82, 2.24) is 9.47 Å². The van der Waals surface area contributed by atoms with Gasteiger partial charge in [-0.1, -0.05) is 30.3 Å². The molecule has 2 aromatic heterocycles. The topological polar surface area (TPSA) is 38.4 Å². The fourth-order valence-corrected chi connectivity index (χ4v) is 3.13. The van der Waals surface area contributed by atoms with Crippen molar-refractivity contribution >= 4 is 5.91 Å². The van der Waals surface area contributed by atoms with E-state index in [2.05, 4.69) is 29.0 Å². The Labute approximate surface area is 128 Å². The van der Waals surface area contributed by atoms with Crippen LogP contribution in [0.1, 0.15) is 27.9 Å². The van der Waals surface area contributed by atoms with Crippen molar-refractivity contribution in [2.24, 2.45) is 0 Å². The van der Waals surface area contributed by atoms with E-state index >= 15 is 0 Å². The lowest BCUT2D eigenvalue weighted by Crippen LogP contribution is -2.42. The van der Waals surface area contributed by atoms with Crippen LogP contribution in [0.5, 0.6) is 0 Å². The summed E-state index contributed by atoms with van der Waals surface area (Å²) in [4.78, 5) is 14.7. The number of rotatable bonds is 2. The van der Waals surface area contributed by atoms with Crippen LogP contribution in [-0.2, 0) is 6.54 Å². The molecule has 0 saturated carbocycles. The Morgan fingerprint density at radius 2 is 1.86 bits per heavy atom. The third-order valence-electron chi connectivity index (χ3n) is 4.15. The zero-order valence-corrected chi connectivity index (χ0v) is 12.1. The lowest BCUT2D eigenvalue weighted by Gasteiger charge is -2.36. The number of nitrogens with zero attached hydrogens (tertiary/aromatic N) is 2. The quantitative estimate of drug-likeness (QED) is 0.726. The van der Waals surface area contributed by atoms with Gasteiger partial charge in [0.25, 0.3) is 5.91 Å². The van der Waals surface area contributed by atoms with E-state index in [9.17, 15) is 4.79 Å². The summed E-state index contributed by atoms with van der Waals surface area (Å²) < 4.78 is 7.52. The van der Waals surface area contributed by atoms with E-state index in [4.69, 9.17) is 4.42 Å². The molecule has 1 aromatic carbocycles. The average Bonchev–Trinajstić information content (AvgIpc) is 3.25. The van der Waals surface area contributed by atoms with Crippen LogP contribution in [0.15, 0.2) is 71.5 Å². The van der Waals surface area contributed by atoms with Gasteiger partial charge < -0.3 is 13.9 Å².